The van der Waals surface area contributed by atoms with Crippen LogP contribution < -0.4 is 11.1 Å². The molecule has 6 aliphatic heterocycles. The molecular formula is C31H48N2O7. The van der Waals surface area contributed by atoms with E-state index in [1.165, 1.54) is 0 Å². The number of fused-ring (bicyclic) bond motifs is 5. The van der Waals surface area contributed by atoms with E-state index < -0.39 is 29.3 Å². The van der Waals surface area contributed by atoms with Crippen molar-refractivity contribution in [3.8, 4) is 0 Å². The molecule has 0 radical (unpaired) electrons. The molecule has 12 atom stereocenters. The van der Waals surface area contributed by atoms with Crippen LogP contribution >= 0.6 is 0 Å². The highest BCUT2D eigenvalue weighted by molar-refractivity contribution is 5.85. The van der Waals surface area contributed by atoms with Gasteiger partial charge in [0, 0.05) is 30.6 Å². The molecule has 40 heavy (non-hydrogen) atoms. The number of carbonyl (C=O) groups excluding carboxylic acids is 2. The van der Waals surface area contributed by atoms with Crippen LogP contribution in [0.15, 0.2) is 0 Å². The monoisotopic (exact) mass is 560 g/mol. The number of ketones is 1. The van der Waals surface area contributed by atoms with Crippen molar-refractivity contribution in [1.29, 1.82) is 0 Å². The molecule has 1 spiro atoms. The molecule has 6 saturated heterocycles. The Bertz CT molecular complexity index is 1010. The maximum Gasteiger partial charge on any atom is 0.341 e. The first-order valence-corrected chi connectivity index (χ1v) is 16.0. The number of ether oxygens (including phenoxy) is 4. The second kappa shape index (κ2) is 9.98. The van der Waals surface area contributed by atoms with Crippen LogP contribution in [0.25, 0.3) is 0 Å². The van der Waals surface area contributed by atoms with E-state index in [1.54, 1.807) is 0 Å². The van der Waals surface area contributed by atoms with Gasteiger partial charge in [0.05, 0.1) is 42.6 Å². The van der Waals surface area contributed by atoms with Crippen LogP contribution in [0.4, 0.5) is 0 Å². The van der Waals surface area contributed by atoms with Crippen LogP contribution in [0.1, 0.15) is 85.0 Å². The van der Waals surface area contributed by atoms with Crippen molar-refractivity contribution in [2.24, 2.45) is 41.2 Å². The molecular weight excluding hydrogens is 512 g/mol. The molecule has 9 nitrogen and oxygen atoms in total. The van der Waals surface area contributed by atoms with E-state index in [2.05, 4.69) is 5.32 Å². The highest BCUT2D eigenvalue weighted by Crippen LogP contribution is 2.59. The molecule has 6 heterocycles. The fourth-order valence-corrected chi connectivity index (χ4v) is 10.0. The summed E-state index contributed by atoms with van der Waals surface area (Å²) in [6.45, 7) is 6.91. The van der Waals surface area contributed by atoms with Crippen molar-refractivity contribution in [1.82, 2.24) is 5.32 Å². The van der Waals surface area contributed by atoms with Crippen LogP contribution in [0.3, 0.4) is 0 Å². The number of piperidine rings is 1. The Labute approximate surface area is 237 Å². The minimum absolute atomic E-state index is 0.0524. The minimum atomic E-state index is -0.861. The number of aliphatic hydroxyl groups is 1. The summed E-state index contributed by atoms with van der Waals surface area (Å²) in [7, 11) is 0. The average Bonchev–Trinajstić information content (AvgIpc) is 3.61. The number of aliphatic hydroxyl groups excluding tert-OH is 1. The molecule has 0 aromatic rings. The normalized spacial score (nSPS) is 53.4. The first-order chi connectivity index (χ1) is 19.1. The molecule has 9 heteroatoms. The van der Waals surface area contributed by atoms with Gasteiger partial charge in [-0.15, -0.1) is 0 Å². The van der Waals surface area contributed by atoms with Crippen molar-refractivity contribution in [3.05, 3.63) is 0 Å². The number of epoxide rings is 1. The predicted octanol–water partition coefficient (Wildman–Crippen LogP) is 2.46. The van der Waals surface area contributed by atoms with Gasteiger partial charge in [0.2, 0.25) is 0 Å². The largest absolute Gasteiger partial charge is 0.457 e. The van der Waals surface area contributed by atoms with Crippen molar-refractivity contribution in [2.45, 2.75) is 139 Å². The van der Waals surface area contributed by atoms with E-state index in [0.717, 1.165) is 57.9 Å². The number of Topliss-reactive ketones (excluding diaryl/α,β-unsaturated/α-hetero) is 1. The maximum atomic E-state index is 14.1. The summed E-state index contributed by atoms with van der Waals surface area (Å²) in [5.41, 5.74) is 4.55. The zero-order chi connectivity index (χ0) is 28.0. The lowest BCUT2D eigenvalue weighted by Gasteiger charge is -2.58. The molecule has 8 rings (SSSR count). The fraction of sp³-hybridized carbons (Fsp3) is 0.935. The molecule has 0 aromatic heterocycles. The molecule has 8 fully saturated rings. The summed E-state index contributed by atoms with van der Waals surface area (Å²) < 4.78 is 25.8. The number of nitrogens with one attached hydrogen (secondary N) is 1. The van der Waals surface area contributed by atoms with Gasteiger partial charge in [0.25, 0.3) is 0 Å². The Morgan fingerprint density at radius 1 is 1.00 bits per heavy atom. The van der Waals surface area contributed by atoms with Gasteiger partial charge in [-0.25, -0.2) is 4.79 Å². The minimum Gasteiger partial charge on any atom is -0.457 e. The molecule has 2 aliphatic carbocycles. The second-order valence-electron chi connectivity index (χ2n) is 14.7. The zero-order valence-corrected chi connectivity index (χ0v) is 24.3. The average molecular weight is 561 g/mol. The standard InChI is InChI=1S/C31H48N2O7/c1-15-12-19(34)25-20(37-15)14-21-26(27(25)35)24-17-5-7-18(8-6-17)31(29(36)38-28(24)30(2,3)39-21)22(40-31)9-4-16-10-11-33-23(32)13-16/h15-18,20-28,33,35H,4-14,32H2,1-3H3/t15?,16?,17?,18?,20?,21?,22-,23?,24-,25?,26?,27?,28-,31-/m1/s1. The Hall–Kier alpha value is -1.10. The lowest BCUT2D eigenvalue weighted by molar-refractivity contribution is -0.284. The number of carbonyl (C=O) groups is 2. The topological polar surface area (TPSA) is 133 Å². The first kappa shape index (κ1) is 27.7. The summed E-state index contributed by atoms with van der Waals surface area (Å²) in [4.78, 5) is 27.3. The van der Waals surface area contributed by atoms with E-state index in [9.17, 15) is 14.7 Å². The van der Waals surface area contributed by atoms with Crippen LogP contribution in [0.5, 0.6) is 0 Å². The summed E-state index contributed by atoms with van der Waals surface area (Å²) in [5.74, 6) is -0.000145. The number of hydrogen-bond acceptors (Lipinski definition) is 9. The van der Waals surface area contributed by atoms with Gasteiger partial charge in [-0.1, -0.05) is 0 Å². The molecule has 2 saturated carbocycles. The molecule has 0 amide bonds. The number of nitrogens with two attached hydrogens (primary N) is 1. The number of hydrogen-bond donors (Lipinski definition) is 3. The van der Waals surface area contributed by atoms with Gasteiger partial charge in [-0.3, -0.25) is 4.79 Å². The Balaban J connectivity index is 1.14. The van der Waals surface area contributed by atoms with E-state index in [1.807, 2.05) is 20.8 Å². The van der Waals surface area contributed by atoms with Crippen molar-refractivity contribution >= 4 is 11.8 Å². The van der Waals surface area contributed by atoms with Gasteiger partial charge >= 0.3 is 5.97 Å². The van der Waals surface area contributed by atoms with Crippen molar-refractivity contribution in [2.75, 3.05) is 6.54 Å². The zero-order valence-electron chi connectivity index (χ0n) is 24.3. The predicted molar refractivity (Wildman–Crippen MR) is 145 cm³/mol. The number of esters is 1. The Morgan fingerprint density at radius 2 is 1.77 bits per heavy atom. The molecule has 4 N–H and O–H groups in total. The van der Waals surface area contributed by atoms with E-state index in [0.29, 0.717) is 24.7 Å². The van der Waals surface area contributed by atoms with E-state index in [-0.39, 0.29) is 60.1 Å². The summed E-state index contributed by atoms with van der Waals surface area (Å²) in [5, 5.41) is 15.1. The van der Waals surface area contributed by atoms with E-state index >= 15 is 0 Å². The van der Waals surface area contributed by atoms with Gasteiger partial charge in [-0.2, -0.15) is 0 Å². The van der Waals surface area contributed by atoms with Gasteiger partial charge in [-0.05, 0) is 90.5 Å². The van der Waals surface area contributed by atoms with Crippen LogP contribution in [-0.4, -0.2) is 77.4 Å². The third-order valence-corrected chi connectivity index (χ3v) is 11.9. The lowest BCUT2D eigenvalue weighted by Crippen LogP contribution is -2.68. The number of rotatable bonds is 3. The summed E-state index contributed by atoms with van der Waals surface area (Å²) >= 11 is 0. The molecule has 8 unspecified atom stereocenters. The van der Waals surface area contributed by atoms with E-state index in [4.69, 9.17) is 24.7 Å². The first-order valence-electron chi connectivity index (χ1n) is 16.0. The molecule has 8 aliphatic rings. The van der Waals surface area contributed by atoms with Gasteiger partial charge in [0.1, 0.15) is 17.5 Å². The van der Waals surface area contributed by atoms with Crippen molar-refractivity contribution in [3.63, 3.8) is 0 Å². The Kier molecular flexibility index (Phi) is 6.92. The second-order valence-corrected chi connectivity index (χ2v) is 14.7. The van der Waals surface area contributed by atoms with Crippen LogP contribution in [-0.2, 0) is 28.5 Å². The molecule has 224 valence electrons. The lowest BCUT2D eigenvalue weighted by atomic mass is 9.57. The summed E-state index contributed by atoms with van der Waals surface area (Å²) in [6, 6.07) is 0. The van der Waals surface area contributed by atoms with Crippen molar-refractivity contribution < 1.29 is 33.6 Å². The fourth-order valence-electron chi connectivity index (χ4n) is 10.0. The Morgan fingerprint density at radius 3 is 2.52 bits per heavy atom. The quantitative estimate of drug-likeness (QED) is 0.352. The molecule has 0 aromatic carbocycles. The van der Waals surface area contributed by atoms with Gasteiger partial charge in [0.15, 0.2) is 5.60 Å². The third-order valence-electron chi connectivity index (χ3n) is 11.9. The maximum absolute atomic E-state index is 14.1. The highest BCUT2D eigenvalue weighted by atomic mass is 16.7. The molecule has 2 bridgehead atoms. The van der Waals surface area contributed by atoms with Crippen LogP contribution in [0.2, 0.25) is 0 Å². The SMILES string of the molecule is CC1CC(=O)C2C(CC3OC(C)(C)[C@@H]4OC(=O)[C@@]5(O[C@@H]5CCC5CCNC(N)C5)C5CCC(CC5)[C@@H]4C3C2O)O1. The van der Waals surface area contributed by atoms with Gasteiger partial charge < -0.3 is 35.1 Å². The van der Waals surface area contributed by atoms with Crippen LogP contribution in [0, 0.1) is 35.5 Å². The highest BCUT2D eigenvalue weighted by Gasteiger charge is 2.71. The smallest absolute Gasteiger partial charge is 0.341 e. The third kappa shape index (κ3) is 4.41. The summed E-state index contributed by atoms with van der Waals surface area (Å²) in [6.07, 6.45) is 6.55.